The van der Waals surface area contributed by atoms with Crippen molar-refractivity contribution in [1.82, 2.24) is 9.78 Å². The number of nitrogens with one attached hydrogen (secondary N) is 1. The summed E-state index contributed by atoms with van der Waals surface area (Å²) in [6.07, 6.45) is 0. The molecule has 0 unspecified atom stereocenters. The topological polar surface area (TPSA) is 70.3 Å². The van der Waals surface area contributed by atoms with Crippen molar-refractivity contribution in [2.24, 2.45) is 0 Å². The van der Waals surface area contributed by atoms with Crippen LogP contribution in [0.5, 0.6) is 0 Å². The van der Waals surface area contributed by atoms with Gasteiger partial charge in [0.1, 0.15) is 0 Å². The molecule has 0 spiro atoms. The summed E-state index contributed by atoms with van der Waals surface area (Å²) >= 11 is 0. The van der Waals surface area contributed by atoms with E-state index in [1.54, 1.807) is 4.68 Å². The van der Waals surface area contributed by atoms with Crippen molar-refractivity contribution in [2.75, 3.05) is 25.1 Å². The molecule has 0 atom stereocenters. The van der Waals surface area contributed by atoms with Gasteiger partial charge in [0, 0.05) is 6.54 Å². The molecule has 0 aliphatic heterocycles. The maximum atomic E-state index is 8.80. The summed E-state index contributed by atoms with van der Waals surface area (Å²) in [5, 5.41) is 24.8. The molecule has 1 aromatic heterocycles. The minimum Gasteiger partial charge on any atom is -0.395 e. The molecule has 80 valence electrons. The van der Waals surface area contributed by atoms with E-state index >= 15 is 0 Å². The zero-order valence-electron chi connectivity index (χ0n) is 8.62. The highest BCUT2D eigenvalue weighted by Gasteiger charge is 2.09. The number of hydrogen-bond donors (Lipinski definition) is 3. The molecule has 0 aromatic carbocycles. The number of aliphatic hydroxyl groups excluding tert-OH is 2. The van der Waals surface area contributed by atoms with Gasteiger partial charge >= 0.3 is 0 Å². The quantitative estimate of drug-likeness (QED) is 0.619. The van der Waals surface area contributed by atoms with E-state index < -0.39 is 0 Å². The summed E-state index contributed by atoms with van der Waals surface area (Å²) in [7, 11) is 0. The van der Waals surface area contributed by atoms with Crippen LogP contribution in [-0.2, 0) is 6.54 Å². The van der Waals surface area contributed by atoms with E-state index in [1.807, 2.05) is 13.8 Å². The second-order valence-electron chi connectivity index (χ2n) is 3.14. The summed E-state index contributed by atoms with van der Waals surface area (Å²) in [5.74, 6) is 0. The van der Waals surface area contributed by atoms with Gasteiger partial charge in [0.05, 0.1) is 36.8 Å². The molecule has 0 saturated heterocycles. The van der Waals surface area contributed by atoms with Crippen LogP contribution in [0.3, 0.4) is 0 Å². The highest BCUT2D eigenvalue weighted by Crippen LogP contribution is 2.18. The predicted octanol–water partition coefficient (Wildman–Crippen LogP) is -0.104. The first-order chi connectivity index (χ1) is 6.70. The minimum absolute atomic E-state index is 0.0847. The normalized spacial score (nSPS) is 10.6. The van der Waals surface area contributed by atoms with Crippen LogP contribution in [-0.4, -0.2) is 39.8 Å². The number of anilines is 1. The van der Waals surface area contributed by atoms with Gasteiger partial charge in [-0.15, -0.1) is 0 Å². The Balaban J connectivity index is 2.81. The van der Waals surface area contributed by atoms with Crippen LogP contribution < -0.4 is 5.32 Å². The standard InChI is InChI=1S/C9H17N3O2/c1-7-9(10-3-5-13)8(2)12(11-7)4-6-14/h10,13-14H,3-6H2,1-2H3. The molecule has 14 heavy (non-hydrogen) atoms. The third kappa shape index (κ3) is 2.24. The zero-order chi connectivity index (χ0) is 10.6. The Hall–Kier alpha value is -1.07. The largest absolute Gasteiger partial charge is 0.395 e. The van der Waals surface area contributed by atoms with Crippen LogP contribution in [0.15, 0.2) is 0 Å². The van der Waals surface area contributed by atoms with Crippen molar-refractivity contribution in [3.8, 4) is 0 Å². The zero-order valence-corrected chi connectivity index (χ0v) is 8.62. The number of hydrogen-bond acceptors (Lipinski definition) is 4. The summed E-state index contributed by atoms with van der Waals surface area (Å²) < 4.78 is 1.76. The monoisotopic (exact) mass is 199 g/mol. The van der Waals surface area contributed by atoms with Crippen LogP contribution >= 0.6 is 0 Å². The van der Waals surface area contributed by atoms with Crippen LogP contribution in [0.25, 0.3) is 0 Å². The molecule has 5 nitrogen and oxygen atoms in total. The summed E-state index contributed by atoms with van der Waals surface area (Å²) in [5.41, 5.74) is 2.84. The Bertz CT molecular complexity index is 296. The van der Waals surface area contributed by atoms with Crippen LogP contribution in [0.4, 0.5) is 5.69 Å². The molecule has 0 amide bonds. The second-order valence-corrected chi connectivity index (χ2v) is 3.14. The van der Waals surface area contributed by atoms with E-state index in [0.29, 0.717) is 13.1 Å². The van der Waals surface area contributed by atoms with Gasteiger partial charge in [0.15, 0.2) is 0 Å². The fraction of sp³-hybridized carbons (Fsp3) is 0.667. The number of aliphatic hydroxyl groups is 2. The predicted molar refractivity (Wildman–Crippen MR) is 54.4 cm³/mol. The smallest absolute Gasteiger partial charge is 0.0828 e. The van der Waals surface area contributed by atoms with Gasteiger partial charge < -0.3 is 15.5 Å². The van der Waals surface area contributed by atoms with Crippen molar-refractivity contribution in [1.29, 1.82) is 0 Å². The molecule has 0 fully saturated rings. The van der Waals surface area contributed by atoms with Gasteiger partial charge in [0.25, 0.3) is 0 Å². The van der Waals surface area contributed by atoms with Crippen molar-refractivity contribution in [3.63, 3.8) is 0 Å². The Morgan fingerprint density at radius 2 is 2.00 bits per heavy atom. The third-order valence-corrected chi connectivity index (χ3v) is 2.11. The van der Waals surface area contributed by atoms with Gasteiger partial charge in [-0.05, 0) is 13.8 Å². The van der Waals surface area contributed by atoms with Crippen molar-refractivity contribution < 1.29 is 10.2 Å². The molecule has 0 saturated carbocycles. The van der Waals surface area contributed by atoms with Gasteiger partial charge in [-0.25, -0.2) is 0 Å². The van der Waals surface area contributed by atoms with E-state index in [-0.39, 0.29) is 13.2 Å². The molecule has 5 heteroatoms. The maximum absolute atomic E-state index is 8.80. The Kier molecular flexibility index (Phi) is 3.91. The van der Waals surface area contributed by atoms with Gasteiger partial charge in [-0.1, -0.05) is 0 Å². The number of nitrogens with zero attached hydrogens (tertiary/aromatic N) is 2. The molecule has 1 heterocycles. The number of rotatable bonds is 5. The van der Waals surface area contributed by atoms with E-state index in [2.05, 4.69) is 10.4 Å². The average molecular weight is 199 g/mol. The first-order valence-electron chi connectivity index (χ1n) is 4.70. The van der Waals surface area contributed by atoms with Crippen LogP contribution in [0, 0.1) is 13.8 Å². The summed E-state index contributed by atoms with van der Waals surface area (Å²) in [4.78, 5) is 0. The van der Waals surface area contributed by atoms with Crippen LogP contribution in [0.1, 0.15) is 11.4 Å². The first kappa shape index (κ1) is 11.0. The Labute approximate surface area is 83.4 Å². The van der Waals surface area contributed by atoms with Crippen molar-refractivity contribution in [3.05, 3.63) is 11.4 Å². The average Bonchev–Trinajstić information content (AvgIpc) is 2.41. The molecular weight excluding hydrogens is 182 g/mol. The highest BCUT2D eigenvalue weighted by molar-refractivity contribution is 5.51. The minimum atomic E-state index is 0.0847. The SMILES string of the molecule is Cc1nn(CCO)c(C)c1NCCO. The van der Waals surface area contributed by atoms with E-state index in [1.165, 1.54) is 0 Å². The van der Waals surface area contributed by atoms with Crippen molar-refractivity contribution in [2.45, 2.75) is 20.4 Å². The molecule has 0 bridgehead atoms. The second kappa shape index (κ2) is 4.97. The lowest BCUT2D eigenvalue weighted by atomic mass is 10.3. The molecular formula is C9H17N3O2. The number of aryl methyl sites for hydroxylation is 1. The Morgan fingerprint density at radius 1 is 1.29 bits per heavy atom. The number of aromatic nitrogens is 2. The first-order valence-corrected chi connectivity index (χ1v) is 4.70. The van der Waals surface area contributed by atoms with Crippen LogP contribution in [0.2, 0.25) is 0 Å². The third-order valence-electron chi connectivity index (χ3n) is 2.11. The Morgan fingerprint density at radius 3 is 2.57 bits per heavy atom. The fourth-order valence-electron chi connectivity index (χ4n) is 1.45. The van der Waals surface area contributed by atoms with E-state index in [4.69, 9.17) is 10.2 Å². The van der Waals surface area contributed by atoms with Gasteiger partial charge in [-0.3, -0.25) is 4.68 Å². The van der Waals surface area contributed by atoms with Gasteiger partial charge in [0.2, 0.25) is 0 Å². The lowest BCUT2D eigenvalue weighted by Crippen LogP contribution is -2.08. The molecule has 0 aliphatic rings. The lowest BCUT2D eigenvalue weighted by Gasteiger charge is -2.05. The summed E-state index contributed by atoms with van der Waals surface area (Å²) in [6, 6.07) is 0. The van der Waals surface area contributed by atoms with Gasteiger partial charge in [-0.2, -0.15) is 5.10 Å². The van der Waals surface area contributed by atoms with E-state index in [0.717, 1.165) is 17.1 Å². The summed E-state index contributed by atoms with van der Waals surface area (Å²) in [6.45, 7) is 5.06. The van der Waals surface area contributed by atoms with E-state index in [9.17, 15) is 0 Å². The highest BCUT2D eigenvalue weighted by atomic mass is 16.3. The maximum Gasteiger partial charge on any atom is 0.0828 e. The molecule has 0 radical (unpaired) electrons. The molecule has 3 N–H and O–H groups in total. The fourth-order valence-corrected chi connectivity index (χ4v) is 1.45. The van der Waals surface area contributed by atoms with Crippen molar-refractivity contribution >= 4 is 5.69 Å². The molecule has 0 aliphatic carbocycles. The molecule has 1 rings (SSSR count). The lowest BCUT2D eigenvalue weighted by molar-refractivity contribution is 0.268. The molecule has 1 aromatic rings.